The zero-order valence-corrected chi connectivity index (χ0v) is 6.01. The fraction of sp³-hybridized carbons (Fsp3) is 0.750. The summed E-state index contributed by atoms with van der Waals surface area (Å²) in [5.74, 6) is 0.532. The van der Waals surface area contributed by atoms with Crippen LogP contribution in [0.2, 0.25) is 0 Å². The Labute approximate surface area is 60.8 Å². The van der Waals surface area contributed by atoms with Gasteiger partial charge in [-0.1, -0.05) is 0 Å². The van der Waals surface area contributed by atoms with Gasteiger partial charge < -0.3 is 9.47 Å². The van der Waals surface area contributed by atoms with E-state index in [1.54, 1.807) is 0 Å². The molecular weight excluding hydrogens is 128 g/mol. The molecule has 2 aliphatic carbocycles. The Kier molecular flexibility index (Phi) is 1.33. The number of hydrogen-bond acceptors (Lipinski definition) is 2. The van der Waals surface area contributed by atoms with Gasteiger partial charge in [-0.2, -0.15) is 0 Å². The van der Waals surface area contributed by atoms with E-state index in [0.717, 1.165) is 0 Å². The van der Waals surface area contributed by atoms with Crippen LogP contribution < -0.4 is 0 Å². The average Bonchev–Trinajstić information content (AvgIpc) is 2.59. The van der Waals surface area contributed by atoms with Crippen molar-refractivity contribution < 1.29 is 9.47 Å². The predicted molar refractivity (Wildman–Crippen MR) is 37.4 cm³/mol. The molecule has 0 heterocycles. The molecule has 56 valence electrons. The first-order valence-electron chi connectivity index (χ1n) is 3.87. The third-order valence-corrected chi connectivity index (χ3v) is 1.64. The van der Waals surface area contributed by atoms with Gasteiger partial charge in [-0.05, 0) is 32.3 Å². The molecule has 0 atom stereocenters. The van der Waals surface area contributed by atoms with Gasteiger partial charge in [-0.15, -0.1) is 0 Å². The normalized spacial score (nSPS) is 24.0. The van der Waals surface area contributed by atoms with E-state index >= 15 is 0 Å². The molecule has 2 rings (SSSR count). The Morgan fingerprint density at radius 3 is 1.70 bits per heavy atom. The van der Waals surface area contributed by atoms with Gasteiger partial charge in [-0.3, -0.25) is 0 Å². The van der Waals surface area contributed by atoms with Crippen molar-refractivity contribution in [1.82, 2.24) is 0 Å². The van der Waals surface area contributed by atoms with Crippen molar-refractivity contribution in [2.24, 2.45) is 0 Å². The van der Waals surface area contributed by atoms with Crippen LogP contribution in [0.4, 0.5) is 0 Å². The number of rotatable bonds is 4. The van der Waals surface area contributed by atoms with E-state index < -0.39 is 0 Å². The second-order valence-corrected chi connectivity index (χ2v) is 3.01. The molecule has 0 spiro atoms. The minimum absolute atomic E-state index is 0.422. The van der Waals surface area contributed by atoms with Crippen molar-refractivity contribution >= 4 is 0 Å². The van der Waals surface area contributed by atoms with Gasteiger partial charge in [0.05, 0.1) is 0 Å². The van der Waals surface area contributed by atoms with Crippen LogP contribution in [0.3, 0.4) is 0 Å². The van der Waals surface area contributed by atoms with E-state index in [-0.39, 0.29) is 0 Å². The molecule has 10 heavy (non-hydrogen) atoms. The molecular formula is C8H12O2. The van der Waals surface area contributed by atoms with Crippen molar-refractivity contribution in [1.29, 1.82) is 0 Å². The summed E-state index contributed by atoms with van der Waals surface area (Å²) < 4.78 is 10.6. The highest BCUT2D eigenvalue weighted by molar-refractivity contribution is 4.84. The predicted octanol–water partition coefficient (Wildman–Crippen LogP) is 1.82. The van der Waals surface area contributed by atoms with E-state index in [0.29, 0.717) is 18.2 Å². The Hall–Kier alpha value is -0.660. The van der Waals surface area contributed by atoms with E-state index in [1.807, 2.05) is 0 Å². The third-order valence-electron chi connectivity index (χ3n) is 1.64. The van der Waals surface area contributed by atoms with Gasteiger partial charge in [0, 0.05) is 0 Å². The summed E-state index contributed by atoms with van der Waals surface area (Å²) in [7, 11) is 0. The largest absolute Gasteiger partial charge is 0.463 e. The highest BCUT2D eigenvalue weighted by Gasteiger charge is 2.28. The quantitative estimate of drug-likeness (QED) is 0.554. The molecule has 0 amide bonds. The van der Waals surface area contributed by atoms with Crippen LogP contribution in [0.5, 0.6) is 0 Å². The molecule has 0 saturated heterocycles. The smallest absolute Gasteiger partial charge is 0.272 e. The lowest BCUT2D eigenvalue weighted by atomic mass is 10.8. The van der Waals surface area contributed by atoms with Gasteiger partial charge in [0.1, 0.15) is 12.2 Å². The van der Waals surface area contributed by atoms with Gasteiger partial charge in [0.2, 0.25) is 0 Å². The summed E-state index contributed by atoms with van der Waals surface area (Å²) in [5, 5.41) is 0. The summed E-state index contributed by atoms with van der Waals surface area (Å²) in [6.45, 7) is 3.67. The lowest BCUT2D eigenvalue weighted by Gasteiger charge is -2.07. The average molecular weight is 140 g/mol. The highest BCUT2D eigenvalue weighted by atomic mass is 16.7. The molecule has 2 nitrogen and oxygen atoms in total. The maximum absolute atomic E-state index is 5.30. The molecule has 0 aliphatic heterocycles. The van der Waals surface area contributed by atoms with Crippen LogP contribution in [0.1, 0.15) is 25.7 Å². The monoisotopic (exact) mass is 140 g/mol. The van der Waals surface area contributed by atoms with Crippen molar-refractivity contribution in [3.8, 4) is 0 Å². The molecule has 0 radical (unpaired) electrons. The van der Waals surface area contributed by atoms with Gasteiger partial charge in [0.25, 0.3) is 5.95 Å². The molecule has 0 aromatic rings. The zero-order chi connectivity index (χ0) is 6.97. The fourth-order valence-electron chi connectivity index (χ4n) is 0.771. The van der Waals surface area contributed by atoms with Crippen molar-refractivity contribution in [2.45, 2.75) is 37.9 Å². The number of ether oxygens (including phenoxy) is 2. The SMILES string of the molecule is C=C(OC1CC1)OC1CC1. The topological polar surface area (TPSA) is 18.5 Å². The molecule has 0 N–H and O–H groups in total. The summed E-state index contributed by atoms with van der Waals surface area (Å²) >= 11 is 0. The Morgan fingerprint density at radius 1 is 1.00 bits per heavy atom. The number of hydrogen-bond donors (Lipinski definition) is 0. The van der Waals surface area contributed by atoms with Crippen LogP contribution in [-0.4, -0.2) is 12.2 Å². The minimum atomic E-state index is 0.422. The van der Waals surface area contributed by atoms with E-state index in [9.17, 15) is 0 Å². The second-order valence-electron chi connectivity index (χ2n) is 3.01. The standard InChI is InChI=1S/C8H12O2/c1-6(9-7-2-3-7)10-8-4-5-8/h7-8H,1-5H2. The second kappa shape index (κ2) is 2.19. The Bertz CT molecular complexity index is 129. The fourth-order valence-corrected chi connectivity index (χ4v) is 0.771. The molecule has 0 unspecified atom stereocenters. The van der Waals surface area contributed by atoms with Crippen molar-refractivity contribution in [3.05, 3.63) is 12.5 Å². The minimum Gasteiger partial charge on any atom is -0.463 e. The maximum Gasteiger partial charge on any atom is 0.272 e. The molecule has 0 aromatic heterocycles. The first-order valence-corrected chi connectivity index (χ1v) is 3.87. The van der Waals surface area contributed by atoms with Crippen molar-refractivity contribution in [2.75, 3.05) is 0 Å². The maximum atomic E-state index is 5.30. The molecule has 2 aliphatic rings. The zero-order valence-electron chi connectivity index (χ0n) is 6.01. The van der Waals surface area contributed by atoms with Crippen molar-refractivity contribution in [3.63, 3.8) is 0 Å². The van der Waals surface area contributed by atoms with E-state index in [1.165, 1.54) is 25.7 Å². The molecule has 2 fully saturated rings. The van der Waals surface area contributed by atoms with Gasteiger partial charge in [-0.25, -0.2) is 0 Å². The van der Waals surface area contributed by atoms with Crippen LogP contribution >= 0.6 is 0 Å². The van der Waals surface area contributed by atoms with Crippen LogP contribution in [0.25, 0.3) is 0 Å². The van der Waals surface area contributed by atoms with Gasteiger partial charge >= 0.3 is 0 Å². The molecule has 0 bridgehead atoms. The van der Waals surface area contributed by atoms with Crippen LogP contribution in [0.15, 0.2) is 12.5 Å². The van der Waals surface area contributed by atoms with Gasteiger partial charge in [0.15, 0.2) is 0 Å². The molecule has 2 saturated carbocycles. The third kappa shape index (κ3) is 1.66. The molecule has 0 aromatic carbocycles. The first-order chi connectivity index (χ1) is 4.84. The van der Waals surface area contributed by atoms with E-state index in [4.69, 9.17) is 9.47 Å². The molecule has 2 heteroatoms. The summed E-state index contributed by atoms with van der Waals surface area (Å²) in [6.07, 6.45) is 5.54. The Morgan fingerprint density at radius 2 is 1.40 bits per heavy atom. The summed E-state index contributed by atoms with van der Waals surface area (Å²) in [6, 6.07) is 0. The summed E-state index contributed by atoms with van der Waals surface area (Å²) in [5.41, 5.74) is 0. The first kappa shape index (κ1) is 6.08. The highest BCUT2D eigenvalue weighted by Crippen LogP contribution is 2.30. The van der Waals surface area contributed by atoms with Crippen LogP contribution in [0, 0.1) is 0 Å². The lowest BCUT2D eigenvalue weighted by Crippen LogP contribution is -1.99. The Balaban J connectivity index is 1.64. The lowest BCUT2D eigenvalue weighted by molar-refractivity contribution is 0.0211. The van der Waals surface area contributed by atoms with Crippen LogP contribution in [-0.2, 0) is 9.47 Å². The summed E-state index contributed by atoms with van der Waals surface area (Å²) in [4.78, 5) is 0. The van der Waals surface area contributed by atoms with E-state index in [2.05, 4.69) is 6.58 Å².